The summed E-state index contributed by atoms with van der Waals surface area (Å²) in [6, 6.07) is 8.22. The first-order valence-corrected chi connectivity index (χ1v) is 8.22. The molecule has 24 heavy (non-hydrogen) atoms. The molecule has 3 rings (SSSR count). The lowest BCUT2D eigenvalue weighted by molar-refractivity contribution is 0.0523. The van der Waals surface area contributed by atoms with Gasteiger partial charge in [-0.2, -0.15) is 0 Å². The molecule has 2 aromatic rings. The van der Waals surface area contributed by atoms with E-state index in [9.17, 15) is 14.4 Å². The smallest absolute Gasteiger partial charge is 0.341 e. The highest BCUT2D eigenvalue weighted by molar-refractivity contribution is 9.10. The topological polar surface area (TPSA) is 76.8 Å². The zero-order valence-electron chi connectivity index (χ0n) is 12.9. The van der Waals surface area contributed by atoms with E-state index in [-0.39, 0.29) is 31.4 Å². The lowest BCUT2D eigenvalue weighted by Gasteiger charge is -2.13. The van der Waals surface area contributed by atoms with Crippen molar-refractivity contribution in [2.75, 3.05) is 13.2 Å². The van der Waals surface area contributed by atoms with E-state index >= 15 is 0 Å². The zero-order chi connectivity index (χ0) is 17.3. The molecule has 0 bridgehead atoms. The molecule has 1 aliphatic rings. The van der Waals surface area contributed by atoms with Gasteiger partial charge in [0.05, 0.1) is 17.7 Å². The normalized spacial score (nSPS) is 13.3. The highest BCUT2D eigenvalue weighted by atomic mass is 79.9. The summed E-state index contributed by atoms with van der Waals surface area (Å²) in [6.07, 6.45) is 0.227. The van der Waals surface area contributed by atoms with Crippen LogP contribution in [0.4, 0.5) is 0 Å². The Morgan fingerprint density at radius 3 is 2.42 bits per heavy atom. The second kappa shape index (κ2) is 6.60. The van der Waals surface area contributed by atoms with E-state index in [1.165, 1.54) is 6.07 Å². The molecular formula is C17H14BrNO5. The third kappa shape index (κ3) is 2.87. The third-order valence-electron chi connectivity index (χ3n) is 3.71. The largest absolute Gasteiger partial charge is 0.462 e. The number of imide groups is 1. The van der Waals surface area contributed by atoms with E-state index in [1.54, 1.807) is 31.2 Å². The molecule has 1 aromatic carbocycles. The van der Waals surface area contributed by atoms with Crippen molar-refractivity contribution in [1.82, 2.24) is 4.90 Å². The second-order valence-corrected chi connectivity index (χ2v) is 5.95. The number of fused-ring (bicyclic) bond motifs is 1. The maximum atomic E-state index is 12.3. The first kappa shape index (κ1) is 16.4. The Labute approximate surface area is 146 Å². The van der Waals surface area contributed by atoms with Crippen LogP contribution in [0.1, 0.15) is 43.8 Å². The standard InChI is InChI=1S/C17H14BrNO5/c1-2-23-17(22)12-9-14(18)24-13(12)7-8-19-15(20)10-5-3-4-6-11(10)16(19)21/h3-6,9H,2,7-8H2,1H3. The maximum absolute atomic E-state index is 12.3. The van der Waals surface area contributed by atoms with Crippen molar-refractivity contribution in [1.29, 1.82) is 0 Å². The van der Waals surface area contributed by atoms with Crippen LogP contribution in [-0.4, -0.2) is 35.8 Å². The molecule has 7 heteroatoms. The van der Waals surface area contributed by atoms with Crippen LogP contribution in [0.2, 0.25) is 0 Å². The number of esters is 1. The number of hydrogen-bond acceptors (Lipinski definition) is 5. The quantitative estimate of drug-likeness (QED) is 0.578. The number of carbonyl (C=O) groups is 3. The Bertz CT molecular complexity index is 791. The van der Waals surface area contributed by atoms with Gasteiger partial charge in [-0.15, -0.1) is 0 Å². The summed E-state index contributed by atoms with van der Waals surface area (Å²) in [4.78, 5) is 37.8. The van der Waals surface area contributed by atoms with Gasteiger partial charge in [0, 0.05) is 19.0 Å². The molecule has 0 saturated heterocycles. The molecular weight excluding hydrogens is 378 g/mol. The average Bonchev–Trinajstić information content (AvgIpc) is 3.05. The van der Waals surface area contributed by atoms with E-state index in [1.807, 2.05) is 0 Å². The van der Waals surface area contributed by atoms with E-state index in [2.05, 4.69) is 15.9 Å². The highest BCUT2D eigenvalue weighted by Crippen LogP contribution is 2.25. The number of nitrogens with zero attached hydrogens (tertiary/aromatic N) is 1. The Kier molecular flexibility index (Phi) is 4.53. The van der Waals surface area contributed by atoms with Crippen molar-refractivity contribution < 1.29 is 23.5 Å². The number of carbonyl (C=O) groups excluding carboxylic acids is 3. The predicted molar refractivity (Wildman–Crippen MR) is 87.9 cm³/mol. The number of halogens is 1. The van der Waals surface area contributed by atoms with Gasteiger partial charge in [0.1, 0.15) is 11.3 Å². The van der Waals surface area contributed by atoms with Crippen molar-refractivity contribution in [2.24, 2.45) is 0 Å². The molecule has 0 atom stereocenters. The number of ether oxygens (including phenoxy) is 1. The van der Waals surface area contributed by atoms with Gasteiger partial charge in [-0.25, -0.2) is 4.79 Å². The summed E-state index contributed by atoms with van der Waals surface area (Å²) in [7, 11) is 0. The van der Waals surface area contributed by atoms with Crippen LogP contribution in [0, 0.1) is 0 Å². The molecule has 0 radical (unpaired) electrons. The van der Waals surface area contributed by atoms with Crippen molar-refractivity contribution in [3.05, 3.63) is 57.5 Å². The minimum Gasteiger partial charge on any atom is -0.462 e. The number of furan rings is 1. The van der Waals surface area contributed by atoms with Gasteiger partial charge in [0.25, 0.3) is 11.8 Å². The van der Waals surface area contributed by atoms with E-state index in [4.69, 9.17) is 9.15 Å². The van der Waals surface area contributed by atoms with E-state index in [0.29, 0.717) is 27.1 Å². The van der Waals surface area contributed by atoms with Gasteiger partial charge < -0.3 is 9.15 Å². The molecule has 0 fully saturated rings. The Morgan fingerprint density at radius 2 is 1.83 bits per heavy atom. The summed E-state index contributed by atoms with van der Waals surface area (Å²) in [5.41, 5.74) is 1.09. The number of benzene rings is 1. The second-order valence-electron chi connectivity index (χ2n) is 5.17. The summed E-state index contributed by atoms with van der Waals surface area (Å²) >= 11 is 3.18. The predicted octanol–water partition coefficient (Wildman–Crippen LogP) is 3.06. The van der Waals surface area contributed by atoms with Gasteiger partial charge >= 0.3 is 5.97 Å². The van der Waals surface area contributed by atoms with Crippen LogP contribution >= 0.6 is 15.9 Å². The van der Waals surface area contributed by atoms with Crippen LogP contribution in [0.25, 0.3) is 0 Å². The van der Waals surface area contributed by atoms with E-state index in [0.717, 1.165) is 4.90 Å². The Morgan fingerprint density at radius 1 is 1.21 bits per heavy atom. The number of rotatable bonds is 5. The van der Waals surface area contributed by atoms with Crippen LogP contribution in [0.3, 0.4) is 0 Å². The lowest BCUT2D eigenvalue weighted by atomic mass is 10.1. The van der Waals surface area contributed by atoms with Gasteiger partial charge in [0.15, 0.2) is 4.67 Å². The molecule has 2 heterocycles. The number of hydrogen-bond donors (Lipinski definition) is 0. The molecule has 1 aliphatic heterocycles. The fourth-order valence-electron chi connectivity index (χ4n) is 2.62. The van der Waals surface area contributed by atoms with Crippen LogP contribution in [0.5, 0.6) is 0 Å². The summed E-state index contributed by atoms with van der Waals surface area (Å²) in [5.74, 6) is -0.793. The molecule has 124 valence electrons. The highest BCUT2D eigenvalue weighted by Gasteiger charge is 2.35. The first-order valence-electron chi connectivity index (χ1n) is 7.43. The first-order chi connectivity index (χ1) is 11.5. The van der Waals surface area contributed by atoms with Crippen molar-refractivity contribution in [2.45, 2.75) is 13.3 Å². The van der Waals surface area contributed by atoms with E-state index < -0.39 is 5.97 Å². The molecule has 2 amide bonds. The lowest BCUT2D eigenvalue weighted by Crippen LogP contribution is -2.31. The monoisotopic (exact) mass is 391 g/mol. The van der Waals surface area contributed by atoms with Gasteiger partial charge in [-0.05, 0) is 35.0 Å². The van der Waals surface area contributed by atoms with Gasteiger partial charge in [-0.1, -0.05) is 12.1 Å². The van der Waals surface area contributed by atoms with Crippen LogP contribution in [0.15, 0.2) is 39.4 Å². The van der Waals surface area contributed by atoms with Crippen LogP contribution < -0.4 is 0 Å². The maximum Gasteiger partial charge on any atom is 0.341 e. The molecule has 0 unspecified atom stereocenters. The van der Waals surface area contributed by atoms with Crippen molar-refractivity contribution in [3.8, 4) is 0 Å². The SMILES string of the molecule is CCOC(=O)c1cc(Br)oc1CCN1C(=O)c2ccccc2C1=O. The Hall–Kier alpha value is -2.41. The molecule has 0 spiro atoms. The number of amides is 2. The summed E-state index contributed by atoms with van der Waals surface area (Å²) in [6.45, 7) is 2.09. The minimum atomic E-state index is -0.496. The van der Waals surface area contributed by atoms with Gasteiger partial charge in [0.2, 0.25) is 0 Å². The van der Waals surface area contributed by atoms with Crippen molar-refractivity contribution >= 4 is 33.7 Å². The Balaban J connectivity index is 1.77. The summed E-state index contributed by atoms with van der Waals surface area (Å²) in [5, 5.41) is 0. The average molecular weight is 392 g/mol. The zero-order valence-corrected chi connectivity index (χ0v) is 14.5. The fraction of sp³-hybridized carbons (Fsp3) is 0.235. The van der Waals surface area contributed by atoms with Crippen LogP contribution in [-0.2, 0) is 11.2 Å². The van der Waals surface area contributed by atoms with Crippen molar-refractivity contribution in [3.63, 3.8) is 0 Å². The third-order valence-corrected chi connectivity index (χ3v) is 4.11. The molecule has 1 aromatic heterocycles. The minimum absolute atomic E-state index is 0.124. The molecule has 0 N–H and O–H groups in total. The molecule has 6 nitrogen and oxygen atoms in total. The molecule has 0 aliphatic carbocycles. The fourth-order valence-corrected chi connectivity index (χ4v) is 3.04. The van der Waals surface area contributed by atoms with Gasteiger partial charge in [-0.3, -0.25) is 14.5 Å². The summed E-state index contributed by atoms with van der Waals surface area (Å²) < 4.78 is 10.8. The molecule has 0 saturated carbocycles.